The maximum Gasteiger partial charge on any atom is 0.167 e. The number of methoxy groups -OCH3 is 2. The molecular formula is C21H36O2. The second-order valence-electron chi connectivity index (χ2n) is 8.26. The Morgan fingerprint density at radius 3 is 2.22 bits per heavy atom. The Bertz CT molecular complexity index is 400. The molecule has 3 rings (SSSR count). The number of rotatable bonds is 4. The highest BCUT2D eigenvalue weighted by molar-refractivity contribution is 5.08. The van der Waals surface area contributed by atoms with Gasteiger partial charge in [0.25, 0.3) is 0 Å². The van der Waals surface area contributed by atoms with E-state index in [2.05, 4.69) is 13.0 Å². The summed E-state index contributed by atoms with van der Waals surface area (Å²) in [5.41, 5.74) is 1.76. The highest BCUT2D eigenvalue weighted by Crippen LogP contribution is 2.49. The molecule has 2 heteroatoms. The summed E-state index contributed by atoms with van der Waals surface area (Å²) in [7, 11) is 3.61. The lowest BCUT2D eigenvalue weighted by Crippen LogP contribution is -2.40. The van der Waals surface area contributed by atoms with Gasteiger partial charge < -0.3 is 9.47 Å². The molecule has 3 saturated carbocycles. The summed E-state index contributed by atoms with van der Waals surface area (Å²) in [5, 5.41) is 0. The van der Waals surface area contributed by atoms with E-state index in [0.717, 1.165) is 36.5 Å². The average molecular weight is 321 g/mol. The van der Waals surface area contributed by atoms with Crippen LogP contribution in [0.2, 0.25) is 0 Å². The van der Waals surface area contributed by atoms with Gasteiger partial charge in [-0.05, 0) is 81.5 Å². The Labute approximate surface area is 143 Å². The third-order valence-electron chi connectivity index (χ3n) is 7.24. The minimum atomic E-state index is -0.279. The van der Waals surface area contributed by atoms with Gasteiger partial charge in [-0.25, -0.2) is 0 Å². The van der Waals surface area contributed by atoms with Crippen LogP contribution in [0.1, 0.15) is 77.6 Å². The maximum atomic E-state index is 5.66. The lowest BCUT2D eigenvalue weighted by molar-refractivity contribution is -0.229. The lowest BCUT2D eigenvalue weighted by atomic mass is 9.62. The summed E-state index contributed by atoms with van der Waals surface area (Å²) in [5.74, 6) is 3.62. The van der Waals surface area contributed by atoms with E-state index in [4.69, 9.17) is 9.47 Å². The number of allylic oxidation sites excluding steroid dienone is 2. The van der Waals surface area contributed by atoms with E-state index in [1.165, 1.54) is 57.8 Å². The fraction of sp³-hybridized carbons (Fsp3) is 0.905. The molecule has 2 nitrogen and oxygen atoms in total. The van der Waals surface area contributed by atoms with Gasteiger partial charge in [0, 0.05) is 27.1 Å². The Morgan fingerprint density at radius 1 is 0.913 bits per heavy atom. The Balaban J connectivity index is 1.52. The molecule has 0 radical (unpaired) electrons. The predicted molar refractivity (Wildman–Crippen MR) is 95.3 cm³/mol. The van der Waals surface area contributed by atoms with Gasteiger partial charge in [0.2, 0.25) is 0 Å². The van der Waals surface area contributed by atoms with Crippen LogP contribution in [0, 0.1) is 23.7 Å². The van der Waals surface area contributed by atoms with Crippen molar-refractivity contribution < 1.29 is 9.47 Å². The first-order valence-corrected chi connectivity index (χ1v) is 9.98. The normalized spacial score (nSPS) is 36.8. The molecule has 0 spiro atoms. The first kappa shape index (κ1) is 17.5. The second kappa shape index (κ2) is 7.70. The minimum Gasteiger partial charge on any atom is -0.353 e. The fourth-order valence-corrected chi connectivity index (χ4v) is 5.74. The topological polar surface area (TPSA) is 18.5 Å². The highest BCUT2D eigenvalue weighted by atomic mass is 16.7. The molecule has 0 N–H and O–H groups in total. The third kappa shape index (κ3) is 3.85. The van der Waals surface area contributed by atoms with Crippen LogP contribution >= 0.6 is 0 Å². The highest BCUT2D eigenvalue weighted by Gasteiger charge is 2.41. The van der Waals surface area contributed by atoms with E-state index in [1.807, 2.05) is 0 Å². The smallest absolute Gasteiger partial charge is 0.167 e. The van der Waals surface area contributed by atoms with Crippen molar-refractivity contribution in [3.05, 3.63) is 11.6 Å². The van der Waals surface area contributed by atoms with E-state index < -0.39 is 0 Å². The van der Waals surface area contributed by atoms with Crippen LogP contribution in [-0.4, -0.2) is 20.0 Å². The van der Waals surface area contributed by atoms with Crippen molar-refractivity contribution in [2.24, 2.45) is 23.7 Å². The van der Waals surface area contributed by atoms with Gasteiger partial charge in [-0.3, -0.25) is 0 Å². The van der Waals surface area contributed by atoms with Crippen molar-refractivity contribution in [3.63, 3.8) is 0 Å². The lowest BCUT2D eigenvalue weighted by Gasteiger charge is -2.45. The van der Waals surface area contributed by atoms with Gasteiger partial charge in [-0.1, -0.05) is 18.6 Å². The van der Waals surface area contributed by atoms with Crippen LogP contribution in [0.15, 0.2) is 11.6 Å². The molecule has 0 aromatic heterocycles. The van der Waals surface area contributed by atoms with E-state index in [9.17, 15) is 0 Å². The van der Waals surface area contributed by atoms with Crippen molar-refractivity contribution in [1.29, 1.82) is 0 Å². The number of fused-ring (bicyclic) bond motifs is 1. The maximum absolute atomic E-state index is 5.66. The molecule has 3 fully saturated rings. The monoisotopic (exact) mass is 320 g/mol. The summed E-state index contributed by atoms with van der Waals surface area (Å²) in [4.78, 5) is 0. The molecule has 132 valence electrons. The zero-order valence-corrected chi connectivity index (χ0v) is 15.5. The van der Waals surface area contributed by atoms with Crippen LogP contribution in [0.25, 0.3) is 0 Å². The molecule has 0 amide bonds. The molecule has 23 heavy (non-hydrogen) atoms. The van der Waals surface area contributed by atoms with Gasteiger partial charge in [0.15, 0.2) is 5.79 Å². The molecule has 0 aromatic rings. The van der Waals surface area contributed by atoms with Crippen LogP contribution < -0.4 is 0 Å². The quantitative estimate of drug-likeness (QED) is 0.487. The van der Waals surface area contributed by atoms with Crippen molar-refractivity contribution in [3.8, 4) is 0 Å². The first-order valence-electron chi connectivity index (χ1n) is 9.98. The van der Waals surface area contributed by atoms with Crippen LogP contribution in [-0.2, 0) is 9.47 Å². The van der Waals surface area contributed by atoms with Crippen molar-refractivity contribution in [2.75, 3.05) is 14.2 Å². The first-order chi connectivity index (χ1) is 11.2. The van der Waals surface area contributed by atoms with Gasteiger partial charge in [0.1, 0.15) is 0 Å². The van der Waals surface area contributed by atoms with Gasteiger partial charge in [-0.2, -0.15) is 0 Å². The molecule has 3 unspecified atom stereocenters. The van der Waals surface area contributed by atoms with Crippen LogP contribution in [0.3, 0.4) is 0 Å². The number of hydrogen-bond acceptors (Lipinski definition) is 2. The average Bonchev–Trinajstić information content (AvgIpc) is 2.61. The molecule has 0 heterocycles. The second-order valence-corrected chi connectivity index (χ2v) is 8.26. The minimum absolute atomic E-state index is 0.279. The molecule has 3 aliphatic carbocycles. The third-order valence-corrected chi connectivity index (χ3v) is 7.24. The predicted octanol–water partition coefficient (Wildman–Crippen LogP) is 5.72. The SMILES string of the molecule is CC/C=C1/CCC2CC(C3CCC(OC)(OC)CC3)CCC2C1. The van der Waals surface area contributed by atoms with Gasteiger partial charge in [0.05, 0.1) is 0 Å². The summed E-state index contributed by atoms with van der Waals surface area (Å²) in [6, 6.07) is 0. The molecule has 0 aromatic carbocycles. The van der Waals surface area contributed by atoms with E-state index in [1.54, 1.807) is 19.8 Å². The summed E-state index contributed by atoms with van der Waals surface area (Å²) < 4.78 is 11.3. The zero-order valence-electron chi connectivity index (χ0n) is 15.5. The Kier molecular flexibility index (Phi) is 5.85. The number of ether oxygens (including phenoxy) is 2. The van der Waals surface area contributed by atoms with Gasteiger partial charge in [-0.15, -0.1) is 0 Å². The largest absolute Gasteiger partial charge is 0.353 e. The molecular weight excluding hydrogens is 284 g/mol. The molecule has 3 atom stereocenters. The molecule has 0 bridgehead atoms. The van der Waals surface area contributed by atoms with Crippen LogP contribution in [0.4, 0.5) is 0 Å². The van der Waals surface area contributed by atoms with Crippen molar-refractivity contribution >= 4 is 0 Å². The Morgan fingerprint density at radius 2 is 1.57 bits per heavy atom. The van der Waals surface area contributed by atoms with Crippen LogP contribution in [0.5, 0.6) is 0 Å². The van der Waals surface area contributed by atoms with Gasteiger partial charge >= 0.3 is 0 Å². The summed E-state index contributed by atoms with van der Waals surface area (Å²) >= 11 is 0. The summed E-state index contributed by atoms with van der Waals surface area (Å²) in [6.07, 6.45) is 17.2. The standard InChI is InChI=1S/C21H36O2/c1-4-5-16-6-7-20-15-19(9-8-18(20)14-16)17-10-12-21(22-2,23-3)13-11-17/h5,17-20H,4,6-15H2,1-3H3/b16-5-. The molecule has 0 aliphatic heterocycles. The van der Waals surface area contributed by atoms with Crippen molar-refractivity contribution in [2.45, 2.75) is 83.3 Å². The summed E-state index contributed by atoms with van der Waals surface area (Å²) in [6.45, 7) is 2.28. The fourth-order valence-electron chi connectivity index (χ4n) is 5.74. The van der Waals surface area contributed by atoms with E-state index in [-0.39, 0.29) is 5.79 Å². The van der Waals surface area contributed by atoms with E-state index >= 15 is 0 Å². The zero-order chi connectivity index (χ0) is 16.3. The van der Waals surface area contributed by atoms with E-state index in [0.29, 0.717) is 0 Å². The Hall–Kier alpha value is -0.340. The van der Waals surface area contributed by atoms with Crippen molar-refractivity contribution in [1.82, 2.24) is 0 Å². The number of hydrogen-bond donors (Lipinski definition) is 0. The molecule has 0 saturated heterocycles. The molecule has 3 aliphatic rings.